The van der Waals surface area contributed by atoms with E-state index < -0.39 is 12.0 Å². The van der Waals surface area contributed by atoms with Gasteiger partial charge >= 0.3 is 0 Å². The van der Waals surface area contributed by atoms with E-state index in [1.54, 1.807) is 0 Å². The Balaban J connectivity index is 1.99. The molecule has 0 radical (unpaired) electrons. The molecule has 1 unspecified atom stereocenters. The van der Waals surface area contributed by atoms with Gasteiger partial charge in [0.1, 0.15) is 0 Å². The standard InChI is InChI=1S/C14H19NO4/c16-11-7-6-9(8-12(11)17)13(18)14(19)15-10-4-2-1-3-5-10/h6-8,10,13,16-18H,1-5H2,(H,15,19). The summed E-state index contributed by atoms with van der Waals surface area (Å²) in [6.07, 6.45) is 3.95. The summed E-state index contributed by atoms with van der Waals surface area (Å²) in [6, 6.07) is 3.99. The summed E-state index contributed by atoms with van der Waals surface area (Å²) in [7, 11) is 0. The number of carbonyl (C=O) groups excluding carboxylic acids is 1. The van der Waals surface area contributed by atoms with Crippen LogP contribution in [0.4, 0.5) is 0 Å². The molecule has 1 atom stereocenters. The van der Waals surface area contributed by atoms with Gasteiger partial charge in [-0.15, -0.1) is 0 Å². The van der Waals surface area contributed by atoms with Crippen molar-refractivity contribution >= 4 is 5.91 Å². The van der Waals surface area contributed by atoms with Crippen molar-refractivity contribution in [2.24, 2.45) is 0 Å². The van der Waals surface area contributed by atoms with E-state index >= 15 is 0 Å². The largest absolute Gasteiger partial charge is 0.504 e. The number of phenolic OH excluding ortho intramolecular Hbond substituents is 2. The van der Waals surface area contributed by atoms with Gasteiger partial charge in [0.25, 0.3) is 5.91 Å². The predicted octanol–water partition coefficient (Wildman–Crippen LogP) is 1.58. The van der Waals surface area contributed by atoms with Crippen LogP contribution in [0.15, 0.2) is 18.2 Å². The van der Waals surface area contributed by atoms with Gasteiger partial charge in [0, 0.05) is 6.04 Å². The topological polar surface area (TPSA) is 89.8 Å². The molecule has 0 aromatic heterocycles. The molecule has 19 heavy (non-hydrogen) atoms. The molecule has 5 heteroatoms. The highest BCUT2D eigenvalue weighted by atomic mass is 16.3. The molecule has 1 aromatic carbocycles. The van der Waals surface area contributed by atoms with Crippen LogP contribution in [-0.4, -0.2) is 27.3 Å². The van der Waals surface area contributed by atoms with Crippen LogP contribution in [0.25, 0.3) is 0 Å². The van der Waals surface area contributed by atoms with Gasteiger partial charge < -0.3 is 20.6 Å². The quantitative estimate of drug-likeness (QED) is 0.625. The summed E-state index contributed by atoms with van der Waals surface area (Å²) >= 11 is 0. The molecule has 4 N–H and O–H groups in total. The van der Waals surface area contributed by atoms with Gasteiger partial charge in [-0.1, -0.05) is 25.3 Å². The number of amides is 1. The zero-order valence-corrected chi connectivity index (χ0v) is 10.7. The number of aliphatic hydroxyl groups excluding tert-OH is 1. The van der Waals surface area contributed by atoms with Crippen molar-refractivity contribution < 1.29 is 20.1 Å². The first-order valence-corrected chi connectivity index (χ1v) is 6.58. The Morgan fingerprint density at radius 3 is 2.47 bits per heavy atom. The molecule has 1 saturated carbocycles. The first-order valence-electron chi connectivity index (χ1n) is 6.58. The first-order chi connectivity index (χ1) is 9.08. The fraction of sp³-hybridized carbons (Fsp3) is 0.500. The Bertz CT molecular complexity index is 455. The van der Waals surface area contributed by atoms with Gasteiger partial charge in [-0.25, -0.2) is 0 Å². The lowest BCUT2D eigenvalue weighted by molar-refractivity contribution is -0.130. The van der Waals surface area contributed by atoms with Crippen LogP contribution >= 0.6 is 0 Å². The predicted molar refractivity (Wildman–Crippen MR) is 69.7 cm³/mol. The summed E-state index contributed by atoms with van der Waals surface area (Å²) < 4.78 is 0. The Labute approximate surface area is 111 Å². The number of phenols is 2. The number of hydrogen-bond acceptors (Lipinski definition) is 4. The fourth-order valence-corrected chi connectivity index (χ4v) is 2.39. The highest BCUT2D eigenvalue weighted by Crippen LogP contribution is 2.28. The second kappa shape index (κ2) is 5.93. The first kappa shape index (κ1) is 13.7. The van der Waals surface area contributed by atoms with Crippen molar-refractivity contribution in [3.05, 3.63) is 23.8 Å². The molecule has 2 rings (SSSR count). The summed E-state index contributed by atoms with van der Waals surface area (Å²) in [4.78, 5) is 11.9. The molecule has 0 spiro atoms. The molecule has 1 aliphatic rings. The minimum Gasteiger partial charge on any atom is -0.504 e. The maximum atomic E-state index is 11.9. The smallest absolute Gasteiger partial charge is 0.253 e. The van der Waals surface area contributed by atoms with Crippen molar-refractivity contribution in [1.29, 1.82) is 0 Å². The molecule has 0 bridgehead atoms. The monoisotopic (exact) mass is 265 g/mol. The number of aromatic hydroxyl groups is 2. The summed E-state index contributed by atoms with van der Waals surface area (Å²) in [6.45, 7) is 0. The van der Waals surface area contributed by atoms with Gasteiger partial charge in [-0.2, -0.15) is 0 Å². The fourth-order valence-electron chi connectivity index (χ4n) is 2.39. The van der Waals surface area contributed by atoms with E-state index in [9.17, 15) is 20.1 Å². The Kier molecular flexibility index (Phi) is 4.27. The van der Waals surface area contributed by atoms with Crippen molar-refractivity contribution in [1.82, 2.24) is 5.32 Å². The molecule has 5 nitrogen and oxygen atoms in total. The molecule has 1 fully saturated rings. The maximum absolute atomic E-state index is 11.9. The lowest BCUT2D eigenvalue weighted by atomic mass is 9.95. The second-order valence-corrected chi connectivity index (χ2v) is 4.99. The third-order valence-electron chi connectivity index (χ3n) is 3.52. The van der Waals surface area contributed by atoms with E-state index in [0.29, 0.717) is 0 Å². The van der Waals surface area contributed by atoms with Crippen LogP contribution in [0, 0.1) is 0 Å². The number of hydrogen-bond donors (Lipinski definition) is 4. The van der Waals surface area contributed by atoms with Crippen LogP contribution in [0.1, 0.15) is 43.8 Å². The van der Waals surface area contributed by atoms with Crippen molar-refractivity contribution in [2.75, 3.05) is 0 Å². The van der Waals surface area contributed by atoms with Gasteiger partial charge in [0.05, 0.1) is 0 Å². The summed E-state index contributed by atoms with van der Waals surface area (Å²) in [5, 5.41) is 31.3. The van der Waals surface area contributed by atoms with Crippen LogP contribution in [0.3, 0.4) is 0 Å². The highest BCUT2D eigenvalue weighted by Gasteiger charge is 2.22. The van der Waals surface area contributed by atoms with E-state index in [1.807, 2.05) is 0 Å². The maximum Gasteiger partial charge on any atom is 0.253 e. The Morgan fingerprint density at radius 1 is 1.16 bits per heavy atom. The highest BCUT2D eigenvalue weighted by molar-refractivity contribution is 5.82. The molecular weight excluding hydrogens is 246 g/mol. The van der Waals surface area contributed by atoms with E-state index in [1.165, 1.54) is 24.6 Å². The summed E-state index contributed by atoms with van der Waals surface area (Å²) in [5.74, 6) is -1.08. The molecule has 1 aliphatic carbocycles. The molecule has 1 aromatic rings. The normalized spacial score (nSPS) is 17.9. The van der Waals surface area contributed by atoms with Gasteiger partial charge in [0.15, 0.2) is 17.6 Å². The van der Waals surface area contributed by atoms with Gasteiger partial charge in [-0.3, -0.25) is 4.79 Å². The van der Waals surface area contributed by atoms with Crippen LogP contribution in [0.2, 0.25) is 0 Å². The number of benzene rings is 1. The minimum atomic E-state index is -1.33. The number of rotatable bonds is 3. The third-order valence-corrected chi connectivity index (χ3v) is 3.52. The number of carbonyl (C=O) groups is 1. The van der Waals surface area contributed by atoms with E-state index in [0.717, 1.165) is 25.7 Å². The third kappa shape index (κ3) is 3.38. The van der Waals surface area contributed by atoms with E-state index in [2.05, 4.69) is 5.32 Å². The Hall–Kier alpha value is -1.75. The van der Waals surface area contributed by atoms with E-state index in [-0.39, 0.29) is 23.1 Å². The van der Waals surface area contributed by atoms with Crippen molar-refractivity contribution in [3.63, 3.8) is 0 Å². The van der Waals surface area contributed by atoms with Crippen LogP contribution in [-0.2, 0) is 4.79 Å². The zero-order chi connectivity index (χ0) is 13.8. The molecule has 0 saturated heterocycles. The minimum absolute atomic E-state index is 0.126. The molecule has 0 heterocycles. The lowest BCUT2D eigenvalue weighted by Gasteiger charge is -2.24. The van der Waals surface area contributed by atoms with Crippen molar-refractivity contribution in [3.8, 4) is 11.5 Å². The molecule has 104 valence electrons. The lowest BCUT2D eigenvalue weighted by Crippen LogP contribution is -2.39. The summed E-state index contributed by atoms with van der Waals surface area (Å²) in [5.41, 5.74) is 0.267. The van der Waals surface area contributed by atoms with Crippen LogP contribution in [0.5, 0.6) is 11.5 Å². The molecular formula is C14H19NO4. The SMILES string of the molecule is O=C(NC1CCCCC1)C(O)c1ccc(O)c(O)c1. The van der Waals surface area contributed by atoms with Crippen LogP contribution < -0.4 is 5.32 Å². The number of aliphatic hydroxyl groups is 1. The van der Waals surface area contributed by atoms with Crippen molar-refractivity contribution in [2.45, 2.75) is 44.2 Å². The number of nitrogens with one attached hydrogen (secondary N) is 1. The van der Waals surface area contributed by atoms with Gasteiger partial charge in [-0.05, 0) is 30.5 Å². The van der Waals surface area contributed by atoms with E-state index in [4.69, 9.17) is 0 Å². The average Bonchev–Trinajstić information content (AvgIpc) is 2.42. The molecule has 0 aliphatic heterocycles. The zero-order valence-electron chi connectivity index (χ0n) is 10.7. The molecule has 1 amide bonds. The average molecular weight is 265 g/mol. The van der Waals surface area contributed by atoms with Gasteiger partial charge in [0.2, 0.25) is 0 Å². The Morgan fingerprint density at radius 2 is 1.84 bits per heavy atom. The second-order valence-electron chi connectivity index (χ2n) is 4.99.